The number of sulfonamides is 1. The fraction of sp³-hybridized carbons (Fsp3) is 0.600. The van der Waals surface area contributed by atoms with Gasteiger partial charge in [-0.15, -0.1) is 10.2 Å². The number of aromatic nitrogens is 4. The van der Waals surface area contributed by atoms with Crippen LogP contribution in [0, 0.1) is 11.8 Å². The van der Waals surface area contributed by atoms with Gasteiger partial charge in [0.2, 0.25) is 27.7 Å². The van der Waals surface area contributed by atoms with E-state index in [2.05, 4.69) is 25.4 Å². The monoisotopic (exact) mass is 609 g/mol. The third-order valence-electron chi connectivity index (χ3n) is 9.55. The molecule has 3 fully saturated rings. The molecule has 6 rings (SSSR count). The van der Waals surface area contributed by atoms with Crippen molar-refractivity contribution in [1.82, 2.24) is 35.1 Å². The smallest absolute Gasteiger partial charge is 0.259 e. The number of tetrazole rings is 1. The zero-order chi connectivity index (χ0) is 30.4. The number of fused-ring (bicyclic) bond motifs is 2. The Balaban J connectivity index is 1.27. The molecule has 2 aliphatic carbocycles. The molecule has 0 unspecified atom stereocenters. The summed E-state index contributed by atoms with van der Waals surface area (Å²) in [5, 5.41) is 15.9. The van der Waals surface area contributed by atoms with Crippen molar-refractivity contribution in [1.29, 1.82) is 0 Å². The van der Waals surface area contributed by atoms with Crippen molar-refractivity contribution in [2.24, 2.45) is 11.8 Å². The van der Waals surface area contributed by atoms with Crippen LogP contribution in [0.3, 0.4) is 0 Å². The second-order valence-corrected chi connectivity index (χ2v) is 15.0. The van der Waals surface area contributed by atoms with Crippen LogP contribution in [0.1, 0.15) is 77.7 Å². The van der Waals surface area contributed by atoms with Gasteiger partial charge in [-0.25, -0.2) is 8.42 Å². The van der Waals surface area contributed by atoms with Crippen molar-refractivity contribution in [2.45, 2.75) is 94.0 Å². The van der Waals surface area contributed by atoms with Crippen LogP contribution < -0.4 is 10.0 Å². The van der Waals surface area contributed by atoms with Gasteiger partial charge in [-0.2, -0.15) is 4.80 Å². The van der Waals surface area contributed by atoms with E-state index < -0.39 is 44.2 Å². The molecule has 0 bridgehead atoms. The van der Waals surface area contributed by atoms with Crippen LogP contribution in [0.2, 0.25) is 0 Å². The van der Waals surface area contributed by atoms with Crippen molar-refractivity contribution >= 4 is 27.7 Å². The van der Waals surface area contributed by atoms with Gasteiger partial charge in [0.1, 0.15) is 11.6 Å². The number of carbonyl (C=O) groups excluding carboxylic acids is 3. The van der Waals surface area contributed by atoms with Crippen molar-refractivity contribution in [3.63, 3.8) is 0 Å². The van der Waals surface area contributed by atoms with E-state index >= 15 is 0 Å². The van der Waals surface area contributed by atoms with Gasteiger partial charge >= 0.3 is 0 Å². The van der Waals surface area contributed by atoms with Crippen LogP contribution in [0.15, 0.2) is 42.5 Å². The first-order valence-electron chi connectivity index (χ1n) is 15.2. The Kier molecular flexibility index (Phi) is 7.64. The van der Waals surface area contributed by atoms with Gasteiger partial charge in [-0.05, 0) is 50.7 Å². The van der Waals surface area contributed by atoms with E-state index in [9.17, 15) is 22.8 Å². The molecule has 0 spiro atoms. The van der Waals surface area contributed by atoms with Crippen molar-refractivity contribution in [3.05, 3.63) is 42.5 Å². The fourth-order valence-corrected chi connectivity index (χ4v) is 7.49. The Hall–Kier alpha value is -3.61. The molecular formula is C30H39N7O5S. The maximum atomic E-state index is 14.0. The van der Waals surface area contributed by atoms with Crippen molar-refractivity contribution < 1.29 is 22.8 Å². The lowest BCUT2D eigenvalue weighted by Crippen LogP contribution is -2.57. The zero-order valence-corrected chi connectivity index (χ0v) is 25.4. The molecule has 3 heterocycles. The topological polar surface area (TPSA) is 156 Å². The normalized spacial score (nSPS) is 31.5. The minimum Gasteiger partial charge on any atom is -0.339 e. The fourth-order valence-electron chi connectivity index (χ4n) is 6.18. The zero-order valence-electron chi connectivity index (χ0n) is 24.6. The molecule has 2 saturated carbocycles. The molecule has 1 saturated heterocycles. The number of benzene rings is 1. The molecule has 3 amide bonds. The number of rotatable bonds is 5. The Morgan fingerprint density at radius 2 is 1.88 bits per heavy atom. The number of carbonyl (C=O) groups is 3. The standard InChI is InChI=1S/C30H39N7O5S/c1-20-11-7-4-3-5-10-14-22-18-30(22,28(40)34-43(41,42)29(2)15-16-29)31-26(38)24-17-23(19-36(24)27(20)39)37-33-25(32-35-37)21-12-8-6-9-13-21/h6,8-10,12-14,20,22-24H,3-5,7,11,15-19H2,1-2H3,(H,31,38)(H,34,40)/b14-10-/t20-,22+,23+,24-,30+/m0/s1. The SMILES string of the molecule is C[C@H]1CCCCC/C=C\[C@@H]2C[C@@]2(C(=O)NS(=O)(=O)C2(C)CC2)NC(=O)[C@@H]2C[C@@H](n3nnc(-c4ccccc4)n3)CN2C1=O. The Morgan fingerprint density at radius 3 is 2.63 bits per heavy atom. The summed E-state index contributed by atoms with van der Waals surface area (Å²) < 4.78 is 27.2. The van der Waals surface area contributed by atoms with E-state index in [1.807, 2.05) is 49.4 Å². The predicted octanol–water partition coefficient (Wildman–Crippen LogP) is 2.51. The highest BCUT2D eigenvalue weighted by atomic mass is 32.2. The summed E-state index contributed by atoms with van der Waals surface area (Å²) in [6.07, 6.45) is 9.75. The number of allylic oxidation sites excluding steroid dienone is 1. The van der Waals surface area contributed by atoms with Gasteiger partial charge in [-0.3, -0.25) is 19.1 Å². The molecule has 43 heavy (non-hydrogen) atoms. The Bertz CT molecular complexity index is 1540. The average Bonchev–Trinajstić information content (AvgIpc) is 3.75. The minimum absolute atomic E-state index is 0.130. The summed E-state index contributed by atoms with van der Waals surface area (Å²) in [4.78, 5) is 44.3. The molecule has 1 aromatic carbocycles. The summed E-state index contributed by atoms with van der Waals surface area (Å²) in [6, 6.07) is 8.16. The molecule has 4 aliphatic rings. The molecule has 12 nitrogen and oxygen atoms in total. The van der Waals surface area contributed by atoms with E-state index in [-0.39, 0.29) is 30.7 Å². The van der Waals surface area contributed by atoms with Crippen LogP contribution in [-0.4, -0.2) is 74.1 Å². The molecular weight excluding hydrogens is 570 g/mol. The molecule has 1 aromatic heterocycles. The molecule has 5 atom stereocenters. The van der Waals surface area contributed by atoms with Crippen LogP contribution in [0.25, 0.3) is 11.4 Å². The highest BCUT2D eigenvalue weighted by Crippen LogP contribution is 2.47. The molecule has 2 aromatic rings. The Morgan fingerprint density at radius 1 is 1.12 bits per heavy atom. The maximum absolute atomic E-state index is 14.0. The molecule has 230 valence electrons. The molecule has 0 radical (unpaired) electrons. The van der Waals surface area contributed by atoms with Gasteiger partial charge in [0.15, 0.2) is 0 Å². The van der Waals surface area contributed by atoms with Crippen LogP contribution >= 0.6 is 0 Å². The lowest BCUT2D eigenvalue weighted by atomic mass is 10.0. The van der Waals surface area contributed by atoms with Crippen molar-refractivity contribution in [2.75, 3.05) is 6.54 Å². The highest BCUT2D eigenvalue weighted by Gasteiger charge is 2.63. The van der Waals surface area contributed by atoms with Gasteiger partial charge in [0.25, 0.3) is 5.91 Å². The van der Waals surface area contributed by atoms with E-state index in [4.69, 9.17) is 0 Å². The average molecular weight is 610 g/mol. The van der Waals surface area contributed by atoms with E-state index in [0.29, 0.717) is 31.5 Å². The van der Waals surface area contributed by atoms with Crippen LogP contribution in [0.4, 0.5) is 0 Å². The number of hydrogen-bond acceptors (Lipinski definition) is 8. The van der Waals surface area contributed by atoms with E-state index in [1.54, 1.807) is 11.8 Å². The van der Waals surface area contributed by atoms with Crippen LogP contribution in [-0.2, 0) is 24.4 Å². The largest absolute Gasteiger partial charge is 0.339 e. The van der Waals surface area contributed by atoms with Crippen molar-refractivity contribution in [3.8, 4) is 11.4 Å². The van der Waals surface area contributed by atoms with Gasteiger partial charge in [-0.1, -0.05) is 62.2 Å². The number of nitrogens with one attached hydrogen (secondary N) is 2. The van der Waals surface area contributed by atoms with E-state index in [0.717, 1.165) is 31.2 Å². The molecule has 2 aliphatic heterocycles. The first kappa shape index (κ1) is 29.5. The second kappa shape index (κ2) is 11.1. The maximum Gasteiger partial charge on any atom is 0.259 e. The highest BCUT2D eigenvalue weighted by molar-refractivity contribution is 7.91. The van der Waals surface area contributed by atoms with Gasteiger partial charge in [0, 0.05) is 30.4 Å². The second-order valence-electron chi connectivity index (χ2n) is 12.8. The quantitative estimate of drug-likeness (QED) is 0.490. The van der Waals surface area contributed by atoms with E-state index in [1.165, 1.54) is 4.80 Å². The number of amides is 3. The Labute approximate surface area is 251 Å². The summed E-state index contributed by atoms with van der Waals surface area (Å²) in [7, 11) is -3.90. The molecule has 2 N–H and O–H groups in total. The summed E-state index contributed by atoms with van der Waals surface area (Å²) in [5.41, 5.74) is -0.587. The third-order valence-corrected chi connectivity index (χ3v) is 11.7. The minimum atomic E-state index is -3.90. The summed E-state index contributed by atoms with van der Waals surface area (Å²) in [5.74, 6) is -1.51. The summed E-state index contributed by atoms with van der Waals surface area (Å²) >= 11 is 0. The number of hydrogen-bond donors (Lipinski definition) is 2. The predicted molar refractivity (Wildman–Crippen MR) is 157 cm³/mol. The lowest BCUT2D eigenvalue weighted by molar-refractivity contribution is -0.142. The van der Waals surface area contributed by atoms with Gasteiger partial charge < -0.3 is 10.2 Å². The third kappa shape index (κ3) is 5.71. The molecule has 13 heteroatoms. The number of nitrogens with zero attached hydrogens (tertiary/aromatic N) is 5. The first-order valence-corrected chi connectivity index (χ1v) is 16.7. The van der Waals surface area contributed by atoms with Gasteiger partial charge in [0.05, 0.1) is 10.8 Å². The lowest BCUT2D eigenvalue weighted by Gasteiger charge is -2.28. The summed E-state index contributed by atoms with van der Waals surface area (Å²) in [6.45, 7) is 3.73. The van der Waals surface area contributed by atoms with Crippen LogP contribution in [0.5, 0.6) is 0 Å². The first-order chi connectivity index (χ1) is 20.5.